The SMILES string of the molecule is COC(=O)CC[C@H](C)[C@@H]1CC[C@@H]2[C@H]3CC[C@H]4C[C@H]5CC[C@]4(C)[C@@]3(O5)C(=O)[C@H](Br)[C@@]21C. The maximum Gasteiger partial charge on any atom is 0.305 e. The van der Waals surface area contributed by atoms with Crippen molar-refractivity contribution in [3.05, 3.63) is 0 Å². The molecule has 0 aromatic heterocycles. The topological polar surface area (TPSA) is 52.6 Å². The fourth-order valence-electron chi connectivity index (χ4n) is 9.18. The van der Waals surface area contributed by atoms with Gasteiger partial charge in [0.1, 0.15) is 5.60 Å². The molecule has 1 spiro atoms. The van der Waals surface area contributed by atoms with Gasteiger partial charge in [-0.25, -0.2) is 0 Å². The third-order valence-corrected chi connectivity index (χ3v) is 12.1. The molecule has 6 rings (SSSR count). The van der Waals surface area contributed by atoms with Crippen molar-refractivity contribution in [3.8, 4) is 0 Å². The van der Waals surface area contributed by atoms with E-state index >= 15 is 0 Å². The number of methoxy groups -OCH3 is 1. The van der Waals surface area contributed by atoms with E-state index < -0.39 is 5.60 Å². The summed E-state index contributed by atoms with van der Waals surface area (Å²) in [7, 11) is 1.46. The molecule has 0 unspecified atom stereocenters. The second-order valence-corrected chi connectivity index (χ2v) is 12.4. The van der Waals surface area contributed by atoms with Gasteiger partial charge in [0.05, 0.1) is 18.0 Å². The predicted molar refractivity (Wildman–Crippen MR) is 118 cm³/mol. The van der Waals surface area contributed by atoms with Crippen LogP contribution >= 0.6 is 15.9 Å². The van der Waals surface area contributed by atoms with Crippen LogP contribution < -0.4 is 0 Å². The van der Waals surface area contributed by atoms with Crippen molar-refractivity contribution in [3.63, 3.8) is 0 Å². The molecule has 0 radical (unpaired) electrons. The van der Waals surface area contributed by atoms with Crippen molar-refractivity contribution in [1.29, 1.82) is 0 Å². The fourth-order valence-corrected chi connectivity index (χ4v) is 10.2. The van der Waals surface area contributed by atoms with Gasteiger partial charge in [0.2, 0.25) is 0 Å². The molecule has 6 aliphatic rings. The molecular formula is C25H37BrO4. The Morgan fingerprint density at radius 2 is 1.93 bits per heavy atom. The number of hydrogen-bond donors (Lipinski definition) is 0. The van der Waals surface area contributed by atoms with Gasteiger partial charge < -0.3 is 9.47 Å². The molecule has 4 bridgehead atoms. The fraction of sp³-hybridized carbons (Fsp3) is 0.920. The smallest absolute Gasteiger partial charge is 0.305 e. The molecule has 4 nitrogen and oxygen atoms in total. The van der Waals surface area contributed by atoms with Crippen LogP contribution in [0.5, 0.6) is 0 Å². The van der Waals surface area contributed by atoms with E-state index in [4.69, 9.17) is 9.47 Å². The Morgan fingerprint density at radius 1 is 1.20 bits per heavy atom. The third kappa shape index (κ3) is 2.48. The first-order valence-corrected chi connectivity index (χ1v) is 13.0. The molecule has 168 valence electrons. The lowest BCUT2D eigenvalue weighted by Gasteiger charge is -2.71. The number of fused-ring (bicyclic) bond motifs is 3. The van der Waals surface area contributed by atoms with E-state index in [0.717, 1.165) is 38.5 Å². The summed E-state index contributed by atoms with van der Waals surface area (Å²) < 4.78 is 11.7. The number of ketones is 1. The predicted octanol–water partition coefficient (Wildman–Crippen LogP) is 5.31. The van der Waals surface area contributed by atoms with Crippen LogP contribution in [-0.2, 0) is 19.1 Å². The molecule has 0 aromatic rings. The van der Waals surface area contributed by atoms with E-state index in [-0.39, 0.29) is 27.7 Å². The van der Waals surface area contributed by atoms with Gasteiger partial charge in [-0.3, -0.25) is 9.59 Å². The Kier molecular flexibility index (Phi) is 5.03. The zero-order valence-corrected chi connectivity index (χ0v) is 20.5. The highest BCUT2D eigenvalue weighted by atomic mass is 79.9. The molecule has 4 saturated carbocycles. The quantitative estimate of drug-likeness (QED) is 0.404. The van der Waals surface area contributed by atoms with Crippen LogP contribution in [0.2, 0.25) is 0 Å². The Bertz CT molecular complexity index is 753. The van der Waals surface area contributed by atoms with E-state index in [9.17, 15) is 9.59 Å². The maximum atomic E-state index is 14.3. The van der Waals surface area contributed by atoms with Gasteiger partial charge in [0.25, 0.3) is 0 Å². The van der Waals surface area contributed by atoms with Crippen molar-refractivity contribution < 1.29 is 19.1 Å². The van der Waals surface area contributed by atoms with Crippen LogP contribution in [0.4, 0.5) is 0 Å². The Labute approximate surface area is 189 Å². The molecule has 6 fully saturated rings. The van der Waals surface area contributed by atoms with E-state index in [2.05, 4.69) is 36.7 Å². The highest BCUT2D eigenvalue weighted by Gasteiger charge is 2.77. The van der Waals surface area contributed by atoms with Gasteiger partial charge in [-0.1, -0.05) is 36.7 Å². The standard InChI is InChI=1S/C25H37BrO4/c1-14(5-10-20(27)29-4)17-8-9-18-19-7-6-15-13-16-11-12-23(15,2)25(19,30-16)22(28)21(26)24(17,18)3/h14-19,21H,5-13H2,1-4H3/t14-,15-,16+,17-,18+,19+,21-,23-,24+,25-/m0/s1. The van der Waals surface area contributed by atoms with Crippen molar-refractivity contribution in [1.82, 2.24) is 0 Å². The van der Waals surface area contributed by atoms with Crippen LogP contribution in [0.15, 0.2) is 0 Å². The second-order valence-electron chi connectivity index (χ2n) is 11.5. The summed E-state index contributed by atoms with van der Waals surface area (Å²) >= 11 is 3.98. The number of carbonyl (C=O) groups excluding carboxylic acids is 2. The largest absolute Gasteiger partial charge is 0.469 e. The second kappa shape index (κ2) is 7.04. The Morgan fingerprint density at radius 3 is 2.67 bits per heavy atom. The third-order valence-electron chi connectivity index (χ3n) is 10.7. The zero-order valence-electron chi connectivity index (χ0n) is 18.9. The van der Waals surface area contributed by atoms with Gasteiger partial charge in [-0.2, -0.15) is 0 Å². The summed E-state index contributed by atoms with van der Waals surface area (Å²) in [5.41, 5.74) is -0.630. The van der Waals surface area contributed by atoms with E-state index in [0.29, 0.717) is 41.8 Å². The minimum absolute atomic E-state index is 0.00366. The molecule has 2 heterocycles. The van der Waals surface area contributed by atoms with Crippen LogP contribution in [-0.4, -0.2) is 35.4 Å². The first-order valence-electron chi connectivity index (χ1n) is 12.1. The minimum atomic E-state index is -0.570. The van der Waals surface area contributed by atoms with Crippen LogP contribution in [0.25, 0.3) is 0 Å². The molecule has 0 aromatic carbocycles. The van der Waals surface area contributed by atoms with E-state index in [1.807, 2.05) is 0 Å². The lowest BCUT2D eigenvalue weighted by Crippen LogP contribution is -2.77. The normalized spacial score (nSPS) is 52.5. The summed E-state index contributed by atoms with van der Waals surface area (Å²) in [6, 6.07) is 0. The van der Waals surface area contributed by atoms with Gasteiger partial charge in [0.15, 0.2) is 5.78 Å². The number of Topliss-reactive ketones (excluding diaryl/α,β-unsaturated/α-hetero) is 1. The minimum Gasteiger partial charge on any atom is -0.469 e. The van der Waals surface area contributed by atoms with Gasteiger partial charge in [-0.15, -0.1) is 0 Å². The monoisotopic (exact) mass is 480 g/mol. The van der Waals surface area contributed by atoms with Crippen LogP contribution in [0.3, 0.4) is 0 Å². The Hall–Kier alpha value is -0.420. The molecule has 0 N–H and O–H groups in total. The molecule has 0 amide bonds. The number of hydrogen-bond acceptors (Lipinski definition) is 4. The molecule has 30 heavy (non-hydrogen) atoms. The lowest BCUT2D eigenvalue weighted by atomic mass is 9.40. The van der Waals surface area contributed by atoms with E-state index in [1.54, 1.807) is 0 Å². The van der Waals surface area contributed by atoms with Crippen LogP contribution in [0.1, 0.15) is 78.6 Å². The molecule has 10 atom stereocenters. The first-order chi connectivity index (χ1) is 14.2. The number of esters is 1. The summed E-state index contributed by atoms with van der Waals surface area (Å²) in [6.45, 7) is 7.02. The molecule has 4 aliphatic carbocycles. The lowest BCUT2D eigenvalue weighted by molar-refractivity contribution is -0.306. The van der Waals surface area contributed by atoms with Crippen molar-refractivity contribution in [2.45, 2.75) is 95.1 Å². The van der Waals surface area contributed by atoms with E-state index in [1.165, 1.54) is 20.0 Å². The highest BCUT2D eigenvalue weighted by Crippen LogP contribution is 2.73. The number of rotatable bonds is 4. The summed E-state index contributed by atoms with van der Waals surface area (Å²) in [5.74, 6) is 2.57. The van der Waals surface area contributed by atoms with Crippen molar-refractivity contribution >= 4 is 27.7 Å². The average Bonchev–Trinajstić information content (AvgIpc) is 3.08. The zero-order chi connectivity index (χ0) is 21.5. The van der Waals surface area contributed by atoms with Crippen molar-refractivity contribution in [2.24, 2.45) is 40.4 Å². The number of alkyl halides is 1. The molecule has 2 saturated heterocycles. The number of halogens is 1. The van der Waals surface area contributed by atoms with Gasteiger partial charge in [0, 0.05) is 11.8 Å². The summed E-state index contributed by atoms with van der Waals surface area (Å²) in [5, 5.41) is 0. The number of carbonyl (C=O) groups is 2. The maximum absolute atomic E-state index is 14.3. The van der Waals surface area contributed by atoms with Crippen LogP contribution in [0, 0.1) is 40.4 Å². The van der Waals surface area contributed by atoms with Crippen molar-refractivity contribution in [2.75, 3.05) is 7.11 Å². The molecule has 2 aliphatic heterocycles. The Balaban J connectivity index is 1.49. The molecular weight excluding hydrogens is 444 g/mol. The van der Waals surface area contributed by atoms with Gasteiger partial charge >= 0.3 is 5.97 Å². The number of ether oxygens (including phenoxy) is 2. The highest BCUT2D eigenvalue weighted by molar-refractivity contribution is 9.10. The average molecular weight is 481 g/mol. The molecule has 5 heteroatoms. The first kappa shape index (κ1) is 21.4. The summed E-state index contributed by atoms with van der Waals surface area (Å²) in [4.78, 5) is 25.8. The van der Waals surface area contributed by atoms with Gasteiger partial charge in [-0.05, 0) is 86.4 Å². The summed E-state index contributed by atoms with van der Waals surface area (Å²) in [6.07, 6.45) is 9.73.